The number of benzene rings is 1. The molecule has 0 fully saturated rings. The summed E-state index contributed by atoms with van der Waals surface area (Å²) in [6, 6.07) is 6.23. The molecule has 11 nitrogen and oxygen atoms in total. The molecule has 2 heterocycles. The highest BCUT2D eigenvalue weighted by Gasteiger charge is 2.17. The summed E-state index contributed by atoms with van der Waals surface area (Å²) in [7, 11) is -0.546. The number of fused-ring (bicyclic) bond motifs is 1. The number of carbonyl (C=O) groups is 1. The molecule has 12 heteroatoms. The molecule has 3 aromatic rings. The van der Waals surface area contributed by atoms with Crippen LogP contribution in [0.1, 0.15) is 37.6 Å². The molecule has 3 rings (SSSR count). The Kier molecular flexibility index (Phi) is 7.49. The molecule has 0 aliphatic carbocycles. The average Bonchev–Trinajstić information content (AvgIpc) is 3.12. The van der Waals surface area contributed by atoms with Crippen molar-refractivity contribution in [1.29, 1.82) is 0 Å². The minimum Gasteiger partial charge on any atom is -0.457 e. The van der Waals surface area contributed by atoms with Crippen LogP contribution in [0.25, 0.3) is 11.2 Å². The third-order valence-electron chi connectivity index (χ3n) is 5.32. The van der Waals surface area contributed by atoms with Crippen LogP contribution in [0.2, 0.25) is 0 Å². The molecule has 2 aromatic heterocycles. The van der Waals surface area contributed by atoms with Gasteiger partial charge in [0.05, 0.1) is 4.90 Å². The van der Waals surface area contributed by atoms with Crippen molar-refractivity contribution in [2.45, 2.75) is 50.7 Å². The molecular formula is C21H27N5O6S. The van der Waals surface area contributed by atoms with E-state index in [4.69, 9.17) is 4.74 Å². The molecule has 0 aliphatic heterocycles. The van der Waals surface area contributed by atoms with Gasteiger partial charge in [-0.3, -0.25) is 19.1 Å². The van der Waals surface area contributed by atoms with Crippen molar-refractivity contribution >= 4 is 27.2 Å². The molecule has 0 radical (unpaired) electrons. The van der Waals surface area contributed by atoms with Crippen molar-refractivity contribution < 1.29 is 17.9 Å². The van der Waals surface area contributed by atoms with E-state index in [2.05, 4.69) is 14.7 Å². The number of aromatic nitrogens is 4. The third-order valence-corrected chi connectivity index (χ3v) is 6.75. The number of hydrogen-bond donors (Lipinski definition) is 2. The highest BCUT2D eigenvalue weighted by Crippen LogP contribution is 2.14. The van der Waals surface area contributed by atoms with Gasteiger partial charge in [-0.15, -0.1) is 0 Å². The van der Waals surface area contributed by atoms with E-state index in [1.807, 2.05) is 6.92 Å². The van der Waals surface area contributed by atoms with Gasteiger partial charge in [-0.1, -0.05) is 25.5 Å². The summed E-state index contributed by atoms with van der Waals surface area (Å²) < 4.78 is 34.0. The Morgan fingerprint density at radius 1 is 1.21 bits per heavy atom. The highest BCUT2D eigenvalue weighted by molar-refractivity contribution is 7.89. The van der Waals surface area contributed by atoms with E-state index in [0.717, 1.165) is 18.4 Å². The van der Waals surface area contributed by atoms with Gasteiger partial charge >= 0.3 is 11.7 Å². The topological polar surface area (TPSA) is 145 Å². The number of ether oxygens (including phenoxy) is 1. The van der Waals surface area contributed by atoms with Gasteiger partial charge in [-0.05, 0) is 37.6 Å². The lowest BCUT2D eigenvalue weighted by Gasteiger charge is -2.06. The minimum atomic E-state index is -3.51. The van der Waals surface area contributed by atoms with E-state index in [0.29, 0.717) is 18.8 Å². The van der Waals surface area contributed by atoms with Crippen molar-refractivity contribution in [3.63, 3.8) is 0 Å². The van der Waals surface area contributed by atoms with E-state index in [1.165, 1.54) is 28.3 Å². The molecule has 2 N–H and O–H groups in total. The Morgan fingerprint density at radius 3 is 2.55 bits per heavy atom. The van der Waals surface area contributed by atoms with Crippen LogP contribution in [0.5, 0.6) is 0 Å². The number of carbonyl (C=O) groups excluding carboxylic acids is 1. The monoisotopic (exact) mass is 477 g/mol. The second-order valence-corrected chi connectivity index (χ2v) is 9.42. The van der Waals surface area contributed by atoms with E-state index in [9.17, 15) is 22.8 Å². The molecule has 1 aromatic carbocycles. The lowest BCUT2D eigenvalue weighted by Crippen LogP contribution is -2.31. The van der Waals surface area contributed by atoms with Crippen LogP contribution in [0.3, 0.4) is 0 Å². The van der Waals surface area contributed by atoms with Crippen LogP contribution in [-0.2, 0) is 46.2 Å². The quantitative estimate of drug-likeness (QED) is 0.411. The Bertz CT molecular complexity index is 1370. The maximum atomic E-state index is 12.3. The number of H-pyrrole nitrogens is 1. The summed E-state index contributed by atoms with van der Waals surface area (Å²) in [6.07, 6.45) is 2.09. The molecule has 0 amide bonds. The second kappa shape index (κ2) is 10.1. The fraction of sp³-hybridized carbons (Fsp3) is 0.429. The number of imidazole rings is 1. The van der Waals surface area contributed by atoms with Crippen LogP contribution in [-0.4, -0.2) is 40.5 Å². The number of aryl methyl sites for hydroxylation is 3. The number of sulfonamides is 1. The number of aromatic amines is 1. The van der Waals surface area contributed by atoms with Crippen molar-refractivity contribution in [2.24, 2.45) is 7.05 Å². The fourth-order valence-corrected chi connectivity index (χ4v) is 4.09. The maximum Gasteiger partial charge on any atom is 0.330 e. The van der Waals surface area contributed by atoms with Crippen LogP contribution in [0.4, 0.5) is 0 Å². The zero-order chi connectivity index (χ0) is 24.2. The van der Waals surface area contributed by atoms with Crippen molar-refractivity contribution in [3.05, 3.63) is 56.5 Å². The molecule has 0 spiro atoms. The van der Waals surface area contributed by atoms with Crippen molar-refractivity contribution in [2.75, 3.05) is 7.05 Å². The van der Waals surface area contributed by atoms with Crippen molar-refractivity contribution in [3.8, 4) is 0 Å². The number of esters is 1. The summed E-state index contributed by atoms with van der Waals surface area (Å²) in [4.78, 5) is 43.5. The summed E-state index contributed by atoms with van der Waals surface area (Å²) in [5, 5.41) is 0. The first kappa shape index (κ1) is 24.4. The largest absolute Gasteiger partial charge is 0.457 e. The van der Waals surface area contributed by atoms with Gasteiger partial charge in [0.15, 0.2) is 11.2 Å². The zero-order valence-electron chi connectivity index (χ0n) is 18.8. The van der Waals surface area contributed by atoms with Gasteiger partial charge in [0.1, 0.15) is 12.4 Å². The van der Waals surface area contributed by atoms with Crippen LogP contribution < -0.4 is 16.0 Å². The molecule has 33 heavy (non-hydrogen) atoms. The number of unbranched alkanes of at least 4 members (excludes halogenated alkanes) is 1. The normalized spacial score (nSPS) is 11.7. The lowest BCUT2D eigenvalue weighted by atomic mass is 10.1. The molecule has 0 atom stereocenters. The van der Waals surface area contributed by atoms with Gasteiger partial charge in [0.2, 0.25) is 10.0 Å². The summed E-state index contributed by atoms with van der Waals surface area (Å²) in [5.74, 6) is -0.118. The molecule has 0 saturated carbocycles. The minimum absolute atomic E-state index is 0.0872. The molecular weight excluding hydrogens is 450 g/mol. The first-order valence-corrected chi connectivity index (χ1v) is 12.0. The van der Waals surface area contributed by atoms with Gasteiger partial charge in [-0.25, -0.2) is 22.9 Å². The van der Waals surface area contributed by atoms with E-state index in [-0.39, 0.29) is 29.1 Å². The first-order chi connectivity index (χ1) is 15.7. The van der Waals surface area contributed by atoms with E-state index in [1.54, 1.807) is 19.2 Å². The lowest BCUT2D eigenvalue weighted by molar-refractivity contribution is -0.145. The Morgan fingerprint density at radius 2 is 1.91 bits per heavy atom. The smallest absolute Gasteiger partial charge is 0.330 e. The zero-order valence-corrected chi connectivity index (χ0v) is 19.6. The van der Waals surface area contributed by atoms with E-state index < -0.39 is 27.2 Å². The molecule has 0 unspecified atom stereocenters. The maximum absolute atomic E-state index is 12.3. The van der Waals surface area contributed by atoms with Crippen LogP contribution >= 0.6 is 0 Å². The standard InChI is InChI=1S/C21H27N5O6S/c1-4-5-12-26-19-18(20(28)24-21(26)29)25(3)16(23-19)13-32-17(27)11-8-14-6-9-15(10-7-14)33(30,31)22-2/h6-7,9-10,22H,4-5,8,11-13H2,1-3H3,(H,24,28,29). The summed E-state index contributed by atoms with van der Waals surface area (Å²) >= 11 is 0. The van der Waals surface area contributed by atoms with E-state index >= 15 is 0 Å². The van der Waals surface area contributed by atoms with Crippen LogP contribution in [0.15, 0.2) is 38.8 Å². The average molecular weight is 478 g/mol. The van der Waals surface area contributed by atoms with Gasteiger partial charge in [-0.2, -0.15) is 0 Å². The summed E-state index contributed by atoms with van der Waals surface area (Å²) in [6.45, 7) is 2.27. The number of nitrogens with one attached hydrogen (secondary N) is 2. The first-order valence-electron chi connectivity index (χ1n) is 10.5. The van der Waals surface area contributed by atoms with Crippen molar-refractivity contribution in [1.82, 2.24) is 23.8 Å². The Hall–Kier alpha value is -3.25. The number of rotatable bonds is 10. The molecule has 0 aliphatic rings. The predicted octanol–water partition coefficient (Wildman–Crippen LogP) is 0.808. The molecule has 0 saturated heterocycles. The second-order valence-electron chi connectivity index (χ2n) is 7.54. The Labute approximate surface area is 190 Å². The number of nitrogens with zero attached hydrogens (tertiary/aromatic N) is 3. The predicted molar refractivity (Wildman–Crippen MR) is 121 cm³/mol. The van der Waals surface area contributed by atoms with Crippen LogP contribution in [0, 0.1) is 0 Å². The van der Waals surface area contributed by atoms with Gasteiger partial charge < -0.3 is 9.30 Å². The third kappa shape index (κ3) is 5.40. The number of hydrogen-bond acceptors (Lipinski definition) is 7. The highest BCUT2D eigenvalue weighted by atomic mass is 32.2. The van der Waals surface area contributed by atoms with Gasteiger partial charge in [0, 0.05) is 20.0 Å². The molecule has 0 bridgehead atoms. The molecule has 178 valence electrons. The van der Waals surface area contributed by atoms with Gasteiger partial charge in [0.25, 0.3) is 5.56 Å². The fourth-order valence-electron chi connectivity index (χ4n) is 3.36. The SMILES string of the molecule is CCCCn1c(=O)[nH]c(=O)c2c1nc(COC(=O)CCc1ccc(S(=O)(=O)NC)cc1)n2C. The Balaban J connectivity index is 1.67. The summed E-state index contributed by atoms with van der Waals surface area (Å²) in [5.41, 5.74) is 0.238.